The van der Waals surface area contributed by atoms with Crippen molar-refractivity contribution in [3.8, 4) is 0 Å². The van der Waals surface area contributed by atoms with Gasteiger partial charge in [-0.2, -0.15) is 0 Å². The molecule has 1 atom stereocenters. The van der Waals surface area contributed by atoms with E-state index >= 15 is 0 Å². The van der Waals surface area contributed by atoms with Gasteiger partial charge in [0.25, 0.3) is 7.37 Å². The van der Waals surface area contributed by atoms with Gasteiger partial charge in [-0.15, -0.1) is 0 Å². The van der Waals surface area contributed by atoms with Crippen LogP contribution >= 0.6 is 7.37 Å². The van der Waals surface area contributed by atoms with E-state index in [-0.39, 0.29) is 0 Å². The van der Waals surface area contributed by atoms with E-state index in [1.54, 1.807) is 36.4 Å². The highest BCUT2D eigenvalue weighted by molar-refractivity contribution is 7.73. The Bertz CT molecular complexity index is 535. The van der Waals surface area contributed by atoms with E-state index < -0.39 is 7.37 Å². The van der Waals surface area contributed by atoms with E-state index in [0.717, 1.165) is 5.56 Å². The highest BCUT2D eigenvalue weighted by Gasteiger charge is 2.24. The Labute approximate surface area is 95.0 Å². The molecule has 0 fully saturated rings. The van der Waals surface area contributed by atoms with Gasteiger partial charge < -0.3 is 4.89 Å². The monoisotopic (exact) mass is 232 g/mol. The van der Waals surface area contributed by atoms with Crippen molar-refractivity contribution in [2.45, 2.75) is 6.92 Å². The molecule has 1 unspecified atom stereocenters. The molecule has 0 saturated carbocycles. The summed E-state index contributed by atoms with van der Waals surface area (Å²) in [6, 6.07) is 16.0. The summed E-state index contributed by atoms with van der Waals surface area (Å²) in [6.45, 7) is 1.85. The van der Waals surface area contributed by atoms with E-state index in [1.807, 2.05) is 25.1 Å². The van der Waals surface area contributed by atoms with Crippen LogP contribution < -0.4 is 10.6 Å². The predicted octanol–water partition coefficient (Wildman–Crippen LogP) is 2.22. The average molecular weight is 232 g/mol. The molecule has 0 aliphatic heterocycles. The van der Waals surface area contributed by atoms with E-state index in [4.69, 9.17) is 0 Å². The van der Waals surface area contributed by atoms with Gasteiger partial charge in [0.1, 0.15) is 0 Å². The van der Waals surface area contributed by atoms with Crippen molar-refractivity contribution in [3.63, 3.8) is 0 Å². The minimum atomic E-state index is -3.43. The number of hydrogen-bond donors (Lipinski definition) is 1. The third-order valence-corrected chi connectivity index (χ3v) is 4.70. The third kappa shape index (κ3) is 1.95. The smallest absolute Gasteiger partial charge is 0.259 e. The number of rotatable bonds is 2. The maximum atomic E-state index is 12.4. The first kappa shape index (κ1) is 11.1. The van der Waals surface area contributed by atoms with Crippen molar-refractivity contribution in [2.75, 3.05) is 0 Å². The molecular formula is C13H13O2P. The van der Waals surface area contributed by atoms with Crippen molar-refractivity contribution < 1.29 is 9.46 Å². The first-order valence-corrected chi connectivity index (χ1v) is 6.73. The Morgan fingerprint density at radius 1 is 0.938 bits per heavy atom. The molecule has 0 heterocycles. The zero-order chi connectivity index (χ0) is 11.6. The number of hydrogen-bond acceptors (Lipinski definition) is 1. The fourth-order valence-electron chi connectivity index (χ4n) is 1.67. The topological polar surface area (TPSA) is 37.3 Å². The molecule has 2 aromatic rings. The van der Waals surface area contributed by atoms with Gasteiger partial charge in [-0.25, -0.2) is 0 Å². The SMILES string of the molecule is Cc1ccccc1P(=O)(O)c1ccccc1. The quantitative estimate of drug-likeness (QED) is 0.806. The Morgan fingerprint density at radius 3 is 2.12 bits per heavy atom. The van der Waals surface area contributed by atoms with E-state index in [1.165, 1.54) is 0 Å². The zero-order valence-corrected chi connectivity index (χ0v) is 9.89. The lowest BCUT2D eigenvalue weighted by molar-refractivity contribution is 0.501. The Morgan fingerprint density at radius 2 is 1.50 bits per heavy atom. The predicted molar refractivity (Wildman–Crippen MR) is 66.7 cm³/mol. The molecule has 0 saturated heterocycles. The summed E-state index contributed by atoms with van der Waals surface area (Å²) < 4.78 is 12.4. The highest BCUT2D eigenvalue weighted by Crippen LogP contribution is 2.38. The number of benzene rings is 2. The van der Waals surface area contributed by atoms with Gasteiger partial charge in [-0.05, 0) is 30.7 Å². The van der Waals surface area contributed by atoms with Crippen LogP contribution in [0.25, 0.3) is 0 Å². The van der Waals surface area contributed by atoms with Gasteiger partial charge in [-0.3, -0.25) is 4.57 Å². The van der Waals surface area contributed by atoms with Crippen molar-refractivity contribution in [1.29, 1.82) is 0 Å². The fraction of sp³-hybridized carbons (Fsp3) is 0.0769. The van der Waals surface area contributed by atoms with Gasteiger partial charge in [0, 0.05) is 10.6 Å². The molecule has 0 aliphatic carbocycles. The molecule has 2 rings (SSSR count). The highest BCUT2D eigenvalue weighted by atomic mass is 31.2. The largest absolute Gasteiger partial charge is 0.338 e. The second-order valence-electron chi connectivity index (χ2n) is 3.70. The van der Waals surface area contributed by atoms with Crippen LogP contribution in [-0.2, 0) is 4.57 Å². The lowest BCUT2D eigenvalue weighted by atomic mass is 10.2. The van der Waals surface area contributed by atoms with Crippen LogP contribution in [0.5, 0.6) is 0 Å². The van der Waals surface area contributed by atoms with Crippen LogP contribution in [0.1, 0.15) is 5.56 Å². The molecule has 0 radical (unpaired) electrons. The van der Waals surface area contributed by atoms with Gasteiger partial charge in [0.15, 0.2) is 0 Å². The molecule has 16 heavy (non-hydrogen) atoms. The maximum Gasteiger partial charge on any atom is 0.259 e. The summed E-state index contributed by atoms with van der Waals surface area (Å²) in [5.41, 5.74) is 0.845. The van der Waals surface area contributed by atoms with Crippen LogP contribution in [-0.4, -0.2) is 4.89 Å². The summed E-state index contributed by atoms with van der Waals surface area (Å²) >= 11 is 0. The third-order valence-electron chi connectivity index (χ3n) is 2.55. The second kappa shape index (κ2) is 4.25. The zero-order valence-electron chi connectivity index (χ0n) is 9.00. The van der Waals surface area contributed by atoms with E-state index in [2.05, 4.69) is 0 Å². The number of aryl methyl sites for hydroxylation is 1. The van der Waals surface area contributed by atoms with Crippen molar-refractivity contribution >= 4 is 18.0 Å². The van der Waals surface area contributed by atoms with Gasteiger partial charge >= 0.3 is 0 Å². The van der Waals surface area contributed by atoms with Gasteiger partial charge in [-0.1, -0.05) is 36.4 Å². The van der Waals surface area contributed by atoms with Crippen LogP contribution in [0, 0.1) is 6.92 Å². The molecule has 0 aromatic heterocycles. The van der Waals surface area contributed by atoms with Crippen molar-refractivity contribution in [3.05, 3.63) is 60.2 Å². The first-order chi connectivity index (χ1) is 7.62. The van der Waals surface area contributed by atoms with Gasteiger partial charge in [0.05, 0.1) is 0 Å². The lowest BCUT2D eigenvalue weighted by Crippen LogP contribution is -2.17. The van der Waals surface area contributed by atoms with Crippen LogP contribution in [0.15, 0.2) is 54.6 Å². The molecule has 2 nitrogen and oxygen atoms in total. The van der Waals surface area contributed by atoms with E-state index in [0.29, 0.717) is 10.6 Å². The fourth-order valence-corrected chi connectivity index (χ4v) is 3.37. The molecule has 1 N–H and O–H groups in total. The molecule has 2 aromatic carbocycles. The standard InChI is InChI=1S/C13H13O2P/c1-11-7-5-6-10-13(11)16(14,15)12-8-3-2-4-9-12/h2-10H,1H3,(H,14,15). The molecule has 0 spiro atoms. The summed E-state index contributed by atoms with van der Waals surface area (Å²) in [5.74, 6) is 0. The molecule has 0 bridgehead atoms. The lowest BCUT2D eigenvalue weighted by Gasteiger charge is -2.14. The molecule has 0 aliphatic rings. The first-order valence-electron chi connectivity index (χ1n) is 5.07. The minimum absolute atomic E-state index is 0.476. The Hall–Kier alpha value is -1.37. The normalized spacial score (nSPS) is 14.4. The summed E-state index contributed by atoms with van der Waals surface area (Å²) in [5, 5.41) is 0.991. The molecule has 0 amide bonds. The van der Waals surface area contributed by atoms with Crippen LogP contribution in [0.2, 0.25) is 0 Å². The van der Waals surface area contributed by atoms with Crippen LogP contribution in [0.3, 0.4) is 0 Å². The molecule has 3 heteroatoms. The summed E-state index contributed by atoms with van der Waals surface area (Å²) in [4.78, 5) is 10.2. The van der Waals surface area contributed by atoms with Crippen molar-refractivity contribution in [2.24, 2.45) is 0 Å². The van der Waals surface area contributed by atoms with Crippen molar-refractivity contribution in [1.82, 2.24) is 0 Å². The Kier molecular flexibility index (Phi) is 2.95. The molecular weight excluding hydrogens is 219 g/mol. The van der Waals surface area contributed by atoms with Crippen LogP contribution in [0.4, 0.5) is 0 Å². The minimum Gasteiger partial charge on any atom is -0.338 e. The van der Waals surface area contributed by atoms with E-state index in [9.17, 15) is 9.46 Å². The maximum absolute atomic E-state index is 12.4. The summed E-state index contributed by atoms with van der Waals surface area (Å²) in [6.07, 6.45) is 0. The second-order valence-corrected chi connectivity index (χ2v) is 5.85. The average Bonchev–Trinajstić information content (AvgIpc) is 2.30. The Balaban J connectivity index is 2.56. The molecule has 82 valence electrons. The van der Waals surface area contributed by atoms with Gasteiger partial charge in [0.2, 0.25) is 0 Å². The summed E-state index contributed by atoms with van der Waals surface area (Å²) in [7, 11) is -3.43.